The first-order chi connectivity index (χ1) is 10.1. The molecular formula is C19H28O2. The second-order valence-electron chi connectivity index (χ2n) is 5.74. The van der Waals surface area contributed by atoms with Gasteiger partial charge in [0.1, 0.15) is 0 Å². The smallest absolute Gasteiger partial charge is 0.330 e. The van der Waals surface area contributed by atoms with Gasteiger partial charge in [0.25, 0.3) is 0 Å². The third-order valence-corrected chi connectivity index (χ3v) is 3.83. The van der Waals surface area contributed by atoms with Crippen LogP contribution in [0.25, 0.3) is 6.08 Å². The number of hydrogen-bond donors (Lipinski definition) is 0. The van der Waals surface area contributed by atoms with Gasteiger partial charge in [-0.15, -0.1) is 0 Å². The molecule has 0 N–H and O–H groups in total. The lowest BCUT2D eigenvalue weighted by atomic mass is 10.0. The predicted molar refractivity (Wildman–Crippen MR) is 89.2 cm³/mol. The third kappa shape index (κ3) is 6.61. The molecule has 1 unspecified atom stereocenters. The van der Waals surface area contributed by atoms with E-state index in [1.807, 2.05) is 12.1 Å². The molecule has 0 aliphatic heterocycles. The summed E-state index contributed by atoms with van der Waals surface area (Å²) in [4.78, 5) is 11.8. The normalized spacial score (nSPS) is 12.6. The van der Waals surface area contributed by atoms with Crippen LogP contribution in [0, 0.1) is 19.8 Å². The van der Waals surface area contributed by atoms with Crippen LogP contribution in [0.15, 0.2) is 24.3 Å². The second-order valence-corrected chi connectivity index (χ2v) is 5.74. The highest BCUT2D eigenvalue weighted by molar-refractivity contribution is 5.87. The van der Waals surface area contributed by atoms with Crippen molar-refractivity contribution in [2.45, 2.75) is 53.4 Å². The van der Waals surface area contributed by atoms with Gasteiger partial charge in [-0.2, -0.15) is 0 Å². The van der Waals surface area contributed by atoms with E-state index >= 15 is 0 Å². The summed E-state index contributed by atoms with van der Waals surface area (Å²) in [5.74, 6) is 0.244. The fourth-order valence-corrected chi connectivity index (χ4v) is 2.32. The fourth-order valence-electron chi connectivity index (χ4n) is 2.32. The van der Waals surface area contributed by atoms with E-state index < -0.39 is 0 Å². The molecule has 0 saturated carbocycles. The van der Waals surface area contributed by atoms with E-state index in [4.69, 9.17) is 4.74 Å². The van der Waals surface area contributed by atoms with Crippen LogP contribution in [-0.2, 0) is 9.53 Å². The van der Waals surface area contributed by atoms with Crippen molar-refractivity contribution in [2.24, 2.45) is 5.92 Å². The molecule has 1 atom stereocenters. The number of ether oxygens (including phenoxy) is 1. The zero-order valence-corrected chi connectivity index (χ0v) is 13.8. The highest BCUT2D eigenvalue weighted by Crippen LogP contribution is 2.14. The van der Waals surface area contributed by atoms with Crippen molar-refractivity contribution < 1.29 is 9.53 Å². The Bertz CT molecular complexity index is 474. The molecule has 0 aliphatic rings. The summed E-state index contributed by atoms with van der Waals surface area (Å²) >= 11 is 0. The molecule has 0 bridgehead atoms. The van der Waals surface area contributed by atoms with Gasteiger partial charge >= 0.3 is 5.97 Å². The number of carbonyl (C=O) groups excluding carboxylic acids is 1. The number of rotatable bonds is 8. The Morgan fingerprint density at radius 3 is 2.67 bits per heavy atom. The quantitative estimate of drug-likeness (QED) is 0.493. The van der Waals surface area contributed by atoms with Gasteiger partial charge in [-0.3, -0.25) is 0 Å². The topological polar surface area (TPSA) is 26.3 Å². The van der Waals surface area contributed by atoms with Crippen molar-refractivity contribution in [1.82, 2.24) is 0 Å². The van der Waals surface area contributed by atoms with Crippen LogP contribution >= 0.6 is 0 Å². The summed E-state index contributed by atoms with van der Waals surface area (Å²) in [6, 6.07) is 6.20. The maximum Gasteiger partial charge on any atom is 0.330 e. The minimum absolute atomic E-state index is 0.245. The lowest BCUT2D eigenvalue weighted by Crippen LogP contribution is -2.12. The van der Waals surface area contributed by atoms with Crippen LogP contribution in [0.2, 0.25) is 0 Å². The molecule has 21 heavy (non-hydrogen) atoms. The van der Waals surface area contributed by atoms with Gasteiger partial charge in [0.2, 0.25) is 0 Å². The van der Waals surface area contributed by atoms with E-state index in [0.717, 1.165) is 18.4 Å². The fraction of sp³-hybridized carbons (Fsp3) is 0.526. The molecule has 0 fully saturated rings. The first-order valence-electron chi connectivity index (χ1n) is 7.98. The molecule has 0 amide bonds. The number of carbonyl (C=O) groups is 1. The van der Waals surface area contributed by atoms with Gasteiger partial charge < -0.3 is 4.74 Å². The number of hydrogen-bond acceptors (Lipinski definition) is 2. The van der Waals surface area contributed by atoms with Crippen LogP contribution < -0.4 is 0 Å². The average molecular weight is 288 g/mol. The minimum atomic E-state index is -0.245. The van der Waals surface area contributed by atoms with Gasteiger partial charge in [-0.05, 0) is 43.4 Å². The first-order valence-corrected chi connectivity index (χ1v) is 7.98. The van der Waals surface area contributed by atoms with Crippen LogP contribution in [0.5, 0.6) is 0 Å². The molecule has 1 rings (SSSR count). The maximum atomic E-state index is 11.8. The van der Waals surface area contributed by atoms with Crippen molar-refractivity contribution in [3.63, 3.8) is 0 Å². The van der Waals surface area contributed by atoms with Gasteiger partial charge in [0.15, 0.2) is 0 Å². The van der Waals surface area contributed by atoms with E-state index in [2.05, 4.69) is 39.8 Å². The Hall–Kier alpha value is -1.57. The lowest BCUT2D eigenvalue weighted by molar-refractivity contribution is -0.139. The number of unbranched alkanes of at least 4 members (excludes halogenated alkanes) is 1. The zero-order chi connectivity index (χ0) is 15.7. The molecule has 116 valence electrons. The maximum absolute atomic E-state index is 11.8. The van der Waals surface area contributed by atoms with Crippen molar-refractivity contribution in [3.8, 4) is 0 Å². The molecule has 1 aromatic carbocycles. The number of benzene rings is 1. The zero-order valence-electron chi connectivity index (χ0n) is 13.8. The molecule has 2 nitrogen and oxygen atoms in total. The molecular weight excluding hydrogens is 260 g/mol. The van der Waals surface area contributed by atoms with Gasteiger partial charge in [-0.25, -0.2) is 4.79 Å². The molecule has 0 aliphatic carbocycles. The van der Waals surface area contributed by atoms with Crippen LogP contribution in [0.1, 0.15) is 56.2 Å². The van der Waals surface area contributed by atoms with Gasteiger partial charge in [0.05, 0.1) is 6.61 Å². The van der Waals surface area contributed by atoms with Crippen molar-refractivity contribution >= 4 is 12.0 Å². The Morgan fingerprint density at radius 1 is 1.29 bits per heavy atom. The van der Waals surface area contributed by atoms with Crippen LogP contribution in [0.4, 0.5) is 0 Å². The largest absolute Gasteiger partial charge is 0.462 e. The summed E-state index contributed by atoms with van der Waals surface area (Å²) in [6.45, 7) is 8.99. The summed E-state index contributed by atoms with van der Waals surface area (Å²) in [6.07, 6.45) is 7.97. The summed E-state index contributed by atoms with van der Waals surface area (Å²) in [5, 5.41) is 0. The Labute approximate surface area is 129 Å². The second kappa shape index (κ2) is 9.38. The standard InChI is InChI=1S/C19H28O2/c1-5-7-8-17(6-2)14-21-19(20)12-11-18-10-9-15(3)13-16(18)4/h9-13,17H,5-8,14H2,1-4H3/b12-11+. The average Bonchev–Trinajstić information content (AvgIpc) is 2.46. The van der Waals surface area contributed by atoms with E-state index in [9.17, 15) is 4.79 Å². The van der Waals surface area contributed by atoms with Crippen LogP contribution in [-0.4, -0.2) is 12.6 Å². The molecule has 2 heteroatoms. The molecule has 1 aromatic rings. The van der Waals surface area contributed by atoms with E-state index in [0.29, 0.717) is 12.5 Å². The SMILES string of the molecule is CCCCC(CC)COC(=O)/C=C/c1ccc(C)cc1C. The summed E-state index contributed by atoms with van der Waals surface area (Å²) in [5.41, 5.74) is 3.47. The Morgan fingerprint density at radius 2 is 2.05 bits per heavy atom. The molecule has 0 saturated heterocycles. The minimum Gasteiger partial charge on any atom is -0.462 e. The predicted octanol–water partition coefficient (Wildman–Crippen LogP) is 5.08. The van der Waals surface area contributed by atoms with Crippen molar-refractivity contribution in [3.05, 3.63) is 41.0 Å². The van der Waals surface area contributed by atoms with Crippen molar-refractivity contribution in [1.29, 1.82) is 0 Å². The van der Waals surface area contributed by atoms with E-state index in [1.54, 1.807) is 0 Å². The van der Waals surface area contributed by atoms with Gasteiger partial charge in [-0.1, -0.05) is 56.9 Å². The first kappa shape index (κ1) is 17.5. The number of esters is 1. The van der Waals surface area contributed by atoms with E-state index in [1.165, 1.54) is 30.0 Å². The molecule has 0 aromatic heterocycles. The van der Waals surface area contributed by atoms with Gasteiger partial charge in [0, 0.05) is 6.08 Å². The number of aryl methyl sites for hydroxylation is 2. The Balaban J connectivity index is 2.47. The molecule has 0 spiro atoms. The monoisotopic (exact) mass is 288 g/mol. The van der Waals surface area contributed by atoms with Crippen molar-refractivity contribution in [2.75, 3.05) is 6.61 Å². The highest BCUT2D eigenvalue weighted by atomic mass is 16.5. The highest BCUT2D eigenvalue weighted by Gasteiger charge is 2.08. The Kier molecular flexibility index (Phi) is 7.81. The summed E-state index contributed by atoms with van der Waals surface area (Å²) in [7, 11) is 0. The van der Waals surface area contributed by atoms with Crippen LogP contribution in [0.3, 0.4) is 0 Å². The summed E-state index contributed by atoms with van der Waals surface area (Å²) < 4.78 is 5.35. The third-order valence-electron chi connectivity index (χ3n) is 3.83. The molecule has 0 heterocycles. The van der Waals surface area contributed by atoms with E-state index in [-0.39, 0.29) is 5.97 Å². The molecule has 0 radical (unpaired) electrons. The lowest BCUT2D eigenvalue weighted by Gasteiger charge is -2.13.